The summed E-state index contributed by atoms with van der Waals surface area (Å²) in [7, 11) is 0. The van der Waals surface area contributed by atoms with Gasteiger partial charge in [-0.2, -0.15) is 0 Å². The Hall–Kier alpha value is -3.98. The van der Waals surface area contributed by atoms with E-state index in [1.165, 1.54) is 12.1 Å². The Balaban J connectivity index is 1.43. The molecule has 1 aromatic heterocycles. The van der Waals surface area contributed by atoms with Crippen LogP contribution in [0.1, 0.15) is 40.1 Å². The molecule has 1 saturated carbocycles. The average Bonchev–Trinajstić information content (AvgIpc) is 3.47. The lowest BCUT2D eigenvalue weighted by Crippen LogP contribution is -2.32. The molecule has 0 spiro atoms. The number of hydrogen-bond donors (Lipinski definition) is 2. The van der Waals surface area contributed by atoms with Crippen molar-refractivity contribution >= 4 is 23.2 Å². The van der Waals surface area contributed by atoms with Gasteiger partial charge in [0, 0.05) is 30.3 Å². The second-order valence-electron chi connectivity index (χ2n) is 8.47. The first-order valence-electron chi connectivity index (χ1n) is 11.1. The molecule has 2 aromatic carbocycles. The van der Waals surface area contributed by atoms with Crippen molar-refractivity contribution in [1.29, 1.82) is 0 Å². The molecule has 1 aliphatic carbocycles. The number of non-ortho nitro benzene ring substituents is 1. The number of nitro benzene ring substituents is 1. The molecule has 0 bridgehead atoms. The number of nitro groups is 1. The zero-order valence-corrected chi connectivity index (χ0v) is 18.8. The minimum absolute atomic E-state index is 0.0484. The van der Waals surface area contributed by atoms with Crippen molar-refractivity contribution in [2.45, 2.75) is 38.9 Å². The van der Waals surface area contributed by atoms with E-state index < -0.39 is 4.92 Å². The molecule has 4 rings (SSSR count). The molecule has 2 amide bonds. The van der Waals surface area contributed by atoms with E-state index in [1.807, 2.05) is 23.1 Å². The summed E-state index contributed by atoms with van der Waals surface area (Å²) in [6, 6.07) is 15.6. The molecule has 1 heterocycles. The van der Waals surface area contributed by atoms with Crippen LogP contribution in [-0.2, 0) is 17.9 Å². The lowest BCUT2D eigenvalue weighted by molar-refractivity contribution is -0.384. The molecule has 1 fully saturated rings. The summed E-state index contributed by atoms with van der Waals surface area (Å²) in [5.74, 6) is 0.337. The highest BCUT2D eigenvalue weighted by Crippen LogP contribution is 2.22. The van der Waals surface area contributed by atoms with Crippen molar-refractivity contribution in [1.82, 2.24) is 10.2 Å². The maximum absolute atomic E-state index is 12.8. The van der Waals surface area contributed by atoms with E-state index in [9.17, 15) is 19.7 Å². The summed E-state index contributed by atoms with van der Waals surface area (Å²) in [5.41, 5.74) is 2.60. The Morgan fingerprint density at radius 1 is 1.12 bits per heavy atom. The van der Waals surface area contributed by atoms with Gasteiger partial charge in [-0.3, -0.25) is 24.6 Å². The van der Waals surface area contributed by atoms with Crippen LogP contribution in [0, 0.1) is 17.0 Å². The zero-order valence-electron chi connectivity index (χ0n) is 18.8. The number of hydrogen-bond acceptors (Lipinski definition) is 6. The van der Waals surface area contributed by atoms with Gasteiger partial charge in [0.1, 0.15) is 5.76 Å². The van der Waals surface area contributed by atoms with Crippen LogP contribution in [0.5, 0.6) is 0 Å². The van der Waals surface area contributed by atoms with Crippen LogP contribution in [0.4, 0.5) is 11.4 Å². The number of rotatable bonds is 10. The predicted molar refractivity (Wildman–Crippen MR) is 126 cm³/mol. The molecule has 3 aromatic rings. The summed E-state index contributed by atoms with van der Waals surface area (Å²) in [6.07, 6.45) is 3.64. The molecule has 0 atom stereocenters. The SMILES string of the molecule is Cc1ccc([N+](=O)[O-])cc1NC(=O)CN(Cc1ccc(C(=O)NC2CC2)cc1)Cc1ccco1. The number of benzene rings is 2. The normalized spacial score (nSPS) is 13.0. The fourth-order valence-electron chi connectivity index (χ4n) is 3.56. The minimum Gasteiger partial charge on any atom is -0.468 e. The number of carbonyl (C=O) groups is 2. The second kappa shape index (κ2) is 10.3. The topological polar surface area (TPSA) is 118 Å². The highest BCUT2D eigenvalue weighted by molar-refractivity contribution is 5.94. The molecular weight excluding hydrogens is 436 g/mol. The maximum atomic E-state index is 12.8. The van der Waals surface area contributed by atoms with Crippen LogP contribution in [0.25, 0.3) is 0 Å². The third kappa shape index (κ3) is 6.29. The summed E-state index contributed by atoms with van der Waals surface area (Å²) < 4.78 is 5.45. The zero-order chi connectivity index (χ0) is 24.1. The van der Waals surface area contributed by atoms with Gasteiger partial charge in [0.25, 0.3) is 11.6 Å². The van der Waals surface area contributed by atoms with Crippen molar-refractivity contribution < 1.29 is 18.9 Å². The van der Waals surface area contributed by atoms with Crippen molar-refractivity contribution in [2.75, 3.05) is 11.9 Å². The molecular formula is C25H26N4O5. The van der Waals surface area contributed by atoms with Crippen LogP contribution in [0.3, 0.4) is 0 Å². The lowest BCUT2D eigenvalue weighted by Gasteiger charge is -2.21. The Morgan fingerprint density at radius 3 is 2.53 bits per heavy atom. The van der Waals surface area contributed by atoms with Crippen LogP contribution in [0.15, 0.2) is 65.3 Å². The molecule has 0 unspecified atom stereocenters. The molecule has 176 valence electrons. The largest absolute Gasteiger partial charge is 0.468 e. The van der Waals surface area contributed by atoms with Crippen LogP contribution in [-0.4, -0.2) is 34.2 Å². The molecule has 9 nitrogen and oxygen atoms in total. The fourth-order valence-corrected chi connectivity index (χ4v) is 3.56. The predicted octanol–water partition coefficient (Wildman–Crippen LogP) is 4.03. The first-order valence-corrected chi connectivity index (χ1v) is 11.1. The van der Waals surface area contributed by atoms with Gasteiger partial charge in [0.15, 0.2) is 0 Å². The molecule has 0 radical (unpaired) electrons. The van der Waals surface area contributed by atoms with Gasteiger partial charge in [-0.15, -0.1) is 0 Å². The van der Waals surface area contributed by atoms with E-state index in [-0.39, 0.29) is 24.0 Å². The summed E-state index contributed by atoms with van der Waals surface area (Å²) in [4.78, 5) is 37.5. The van der Waals surface area contributed by atoms with Crippen LogP contribution >= 0.6 is 0 Å². The summed E-state index contributed by atoms with van der Waals surface area (Å²) in [5, 5.41) is 16.8. The summed E-state index contributed by atoms with van der Waals surface area (Å²) in [6.45, 7) is 2.68. The number of nitrogens with zero attached hydrogens (tertiary/aromatic N) is 2. The monoisotopic (exact) mass is 462 g/mol. The highest BCUT2D eigenvalue weighted by atomic mass is 16.6. The van der Waals surface area contributed by atoms with E-state index in [1.54, 1.807) is 37.5 Å². The number of furan rings is 1. The third-order valence-electron chi connectivity index (χ3n) is 5.57. The molecule has 0 aliphatic heterocycles. The van der Waals surface area contributed by atoms with Crippen molar-refractivity contribution in [3.63, 3.8) is 0 Å². The number of carbonyl (C=O) groups excluding carboxylic acids is 2. The Morgan fingerprint density at radius 2 is 1.88 bits per heavy atom. The molecule has 34 heavy (non-hydrogen) atoms. The van der Waals surface area contributed by atoms with Gasteiger partial charge in [-0.25, -0.2) is 0 Å². The van der Waals surface area contributed by atoms with Gasteiger partial charge in [-0.1, -0.05) is 18.2 Å². The first-order chi connectivity index (χ1) is 16.4. The van der Waals surface area contributed by atoms with E-state index >= 15 is 0 Å². The molecule has 1 aliphatic rings. The maximum Gasteiger partial charge on any atom is 0.271 e. The Kier molecular flexibility index (Phi) is 7.03. The molecule has 0 saturated heterocycles. The van der Waals surface area contributed by atoms with Gasteiger partial charge >= 0.3 is 0 Å². The van der Waals surface area contributed by atoms with E-state index in [0.29, 0.717) is 36.1 Å². The first kappa shape index (κ1) is 23.2. The van der Waals surface area contributed by atoms with Gasteiger partial charge in [0.2, 0.25) is 5.91 Å². The quantitative estimate of drug-likeness (QED) is 0.347. The second-order valence-corrected chi connectivity index (χ2v) is 8.47. The van der Waals surface area contributed by atoms with E-state index in [2.05, 4.69) is 10.6 Å². The van der Waals surface area contributed by atoms with Crippen LogP contribution < -0.4 is 10.6 Å². The number of nitrogens with one attached hydrogen (secondary N) is 2. The van der Waals surface area contributed by atoms with Crippen LogP contribution in [0.2, 0.25) is 0 Å². The highest BCUT2D eigenvalue weighted by Gasteiger charge is 2.23. The smallest absolute Gasteiger partial charge is 0.271 e. The standard InChI is InChI=1S/C25H26N4O5/c1-17-4-11-21(29(32)33)13-23(17)27-24(30)16-28(15-22-3-2-12-34-22)14-18-5-7-19(8-6-18)25(31)26-20-9-10-20/h2-8,11-13,20H,9-10,14-16H2,1H3,(H,26,31)(H,27,30). The Bertz CT molecular complexity index is 1170. The average molecular weight is 463 g/mol. The lowest BCUT2D eigenvalue weighted by atomic mass is 10.1. The van der Waals surface area contributed by atoms with E-state index in [0.717, 1.165) is 24.0 Å². The van der Waals surface area contributed by atoms with Gasteiger partial charge in [0.05, 0.1) is 30.0 Å². The van der Waals surface area contributed by atoms with E-state index in [4.69, 9.17) is 4.42 Å². The minimum atomic E-state index is -0.493. The number of amides is 2. The van der Waals surface area contributed by atoms with Gasteiger partial charge < -0.3 is 15.1 Å². The summed E-state index contributed by atoms with van der Waals surface area (Å²) >= 11 is 0. The molecule has 2 N–H and O–H groups in total. The fraction of sp³-hybridized carbons (Fsp3) is 0.280. The van der Waals surface area contributed by atoms with Crippen molar-refractivity contribution in [3.05, 3.63) is 93.4 Å². The molecule has 9 heteroatoms. The van der Waals surface area contributed by atoms with Crippen molar-refractivity contribution in [3.8, 4) is 0 Å². The Labute approximate surface area is 196 Å². The third-order valence-corrected chi connectivity index (χ3v) is 5.57. The number of anilines is 1. The number of aryl methyl sites for hydroxylation is 1. The van der Waals surface area contributed by atoms with Gasteiger partial charge in [-0.05, 0) is 55.2 Å². The van der Waals surface area contributed by atoms with Crippen molar-refractivity contribution in [2.24, 2.45) is 0 Å².